The molecule has 0 saturated heterocycles. The van der Waals surface area contributed by atoms with E-state index in [9.17, 15) is 15.3 Å². The minimum absolute atomic E-state index is 0.125. The first kappa shape index (κ1) is 13.2. The first-order valence-corrected chi connectivity index (χ1v) is 6.32. The Bertz CT molecular complexity index is 541. The second-order valence-corrected chi connectivity index (χ2v) is 4.84. The fraction of sp³-hybridized carbons (Fsp3) is 0.429. The van der Waals surface area contributed by atoms with Crippen molar-refractivity contribution in [3.8, 4) is 17.2 Å². The summed E-state index contributed by atoms with van der Waals surface area (Å²) in [6.45, 7) is 0.125. The van der Waals surface area contributed by atoms with Crippen LogP contribution in [0.2, 0.25) is 0 Å². The maximum Gasteiger partial charge on any atom is 0.231 e. The number of benzene rings is 1. The van der Waals surface area contributed by atoms with E-state index in [1.807, 2.05) is 0 Å². The molecular formula is C14H16O6. The van der Waals surface area contributed by atoms with Crippen LogP contribution in [0.1, 0.15) is 11.5 Å². The molecule has 6 nitrogen and oxygen atoms in total. The van der Waals surface area contributed by atoms with E-state index in [-0.39, 0.29) is 6.79 Å². The summed E-state index contributed by atoms with van der Waals surface area (Å²) in [5.74, 6) is 1.14. The molecule has 0 radical (unpaired) electrons. The monoisotopic (exact) mass is 280 g/mol. The van der Waals surface area contributed by atoms with Crippen LogP contribution in [-0.4, -0.2) is 47.5 Å². The molecule has 2 aliphatic rings. The van der Waals surface area contributed by atoms with Crippen molar-refractivity contribution >= 4 is 0 Å². The third-order valence-corrected chi connectivity index (χ3v) is 3.65. The Labute approximate surface area is 115 Å². The first-order valence-electron chi connectivity index (χ1n) is 6.32. The normalized spacial score (nSPS) is 31.4. The van der Waals surface area contributed by atoms with Gasteiger partial charge in [0.2, 0.25) is 12.5 Å². The zero-order valence-electron chi connectivity index (χ0n) is 10.9. The molecule has 1 aromatic rings. The summed E-state index contributed by atoms with van der Waals surface area (Å²) >= 11 is 0. The molecule has 3 rings (SSSR count). The SMILES string of the molecule is COc1cc([C@@H]2C=C[C@H](O)[C@@H](O)[C@@H]2O)cc2c1OCO2. The number of aliphatic hydroxyl groups excluding tert-OH is 3. The number of methoxy groups -OCH3 is 1. The summed E-state index contributed by atoms with van der Waals surface area (Å²) in [7, 11) is 1.52. The molecule has 0 spiro atoms. The smallest absolute Gasteiger partial charge is 0.231 e. The van der Waals surface area contributed by atoms with Gasteiger partial charge in [-0.15, -0.1) is 0 Å². The van der Waals surface area contributed by atoms with E-state index in [1.54, 1.807) is 18.2 Å². The van der Waals surface area contributed by atoms with Crippen LogP contribution < -0.4 is 14.2 Å². The molecule has 1 aliphatic heterocycles. The molecule has 108 valence electrons. The molecule has 0 saturated carbocycles. The van der Waals surface area contributed by atoms with Gasteiger partial charge >= 0.3 is 0 Å². The van der Waals surface area contributed by atoms with E-state index in [4.69, 9.17) is 14.2 Å². The number of ether oxygens (including phenoxy) is 3. The Kier molecular flexibility index (Phi) is 3.29. The topological polar surface area (TPSA) is 88.4 Å². The highest BCUT2D eigenvalue weighted by Crippen LogP contribution is 2.44. The maximum absolute atomic E-state index is 10.1. The number of rotatable bonds is 2. The standard InChI is InChI=1S/C14H16O6/c1-18-10-4-7(5-11-14(10)20-6-19-11)8-2-3-9(15)13(17)12(8)16/h2-5,8-9,12-13,15-17H,6H2,1H3/t8-,9-,12+,13+/m0/s1. The van der Waals surface area contributed by atoms with Gasteiger partial charge in [0.1, 0.15) is 12.2 Å². The van der Waals surface area contributed by atoms with Crippen LogP contribution in [0.15, 0.2) is 24.3 Å². The van der Waals surface area contributed by atoms with Crippen LogP contribution in [-0.2, 0) is 0 Å². The average Bonchev–Trinajstić information content (AvgIpc) is 2.92. The predicted molar refractivity (Wildman–Crippen MR) is 69.0 cm³/mol. The van der Waals surface area contributed by atoms with E-state index < -0.39 is 24.2 Å². The molecule has 1 aromatic carbocycles. The van der Waals surface area contributed by atoms with Crippen LogP contribution in [0.3, 0.4) is 0 Å². The molecule has 1 heterocycles. The van der Waals surface area contributed by atoms with E-state index in [2.05, 4.69) is 0 Å². The van der Waals surface area contributed by atoms with Crippen molar-refractivity contribution in [2.24, 2.45) is 0 Å². The highest BCUT2D eigenvalue weighted by atomic mass is 16.7. The van der Waals surface area contributed by atoms with Crippen molar-refractivity contribution in [2.45, 2.75) is 24.2 Å². The summed E-state index contributed by atoms with van der Waals surface area (Å²) in [5, 5.41) is 29.4. The van der Waals surface area contributed by atoms with Crippen LogP contribution in [0.4, 0.5) is 0 Å². The molecule has 20 heavy (non-hydrogen) atoms. The number of fused-ring (bicyclic) bond motifs is 1. The van der Waals surface area contributed by atoms with E-state index in [0.29, 0.717) is 17.2 Å². The second-order valence-electron chi connectivity index (χ2n) is 4.84. The zero-order chi connectivity index (χ0) is 14.3. The quantitative estimate of drug-likeness (QED) is 0.669. The van der Waals surface area contributed by atoms with Crippen molar-refractivity contribution in [2.75, 3.05) is 13.9 Å². The van der Waals surface area contributed by atoms with Crippen molar-refractivity contribution < 1.29 is 29.5 Å². The first-order chi connectivity index (χ1) is 9.61. The summed E-state index contributed by atoms with van der Waals surface area (Å²) in [4.78, 5) is 0. The van der Waals surface area contributed by atoms with E-state index >= 15 is 0 Å². The lowest BCUT2D eigenvalue weighted by molar-refractivity contribution is -0.0530. The average molecular weight is 280 g/mol. The second kappa shape index (κ2) is 4.97. The molecule has 0 aromatic heterocycles. The maximum atomic E-state index is 10.1. The van der Waals surface area contributed by atoms with Crippen LogP contribution in [0.5, 0.6) is 17.2 Å². The fourth-order valence-corrected chi connectivity index (χ4v) is 2.53. The number of hydrogen-bond donors (Lipinski definition) is 3. The molecule has 1 aliphatic carbocycles. The minimum atomic E-state index is -1.22. The predicted octanol–water partition coefficient (Wildman–Crippen LogP) is 0.160. The zero-order valence-corrected chi connectivity index (χ0v) is 10.9. The Morgan fingerprint density at radius 1 is 1.10 bits per heavy atom. The number of aliphatic hydroxyl groups is 3. The highest BCUT2D eigenvalue weighted by molar-refractivity contribution is 5.56. The summed E-state index contributed by atoms with van der Waals surface area (Å²) < 4.78 is 15.9. The van der Waals surface area contributed by atoms with Crippen molar-refractivity contribution in [3.05, 3.63) is 29.8 Å². The van der Waals surface area contributed by atoms with Gasteiger partial charge in [-0.3, -0.25) is 0 Å². The Balaban J connectivity index is 2.00. The lowest BCUT2D eigenvalue weighted by Gasteiger charge is -2.31. The van der Waals surface area contributed by atoms with Gasteiger partial charge in [0.05, 0.1) is 13.2 Å². The summed E-state index contributed by atoms with van der Waals surface area (Å²) in [6, 6.07) is 3.48. The van der Waals surface area contributed by atoms with Gasteiger partial charge in [-0.25, -0.2) is 0 Å². The third kappa shape index (κ3) is 2.02. The minimum Gasteiger partial charge on any atom is -0.493 e. The van der Waals surface area contributed by atoms with Gasteiger partial charge in [0, 0.05) is 5.92 Å². The van der Waals surface area contributed by atoms with Crippen LogP contribution in [0.25, 0.3) is 0 Å². The lowest BCUT2D eigenvalue weighted by Crippen LogP contribution is -2.42. The number of hydrogen-bond acceptors (Lipinski definition) is 6. The van der Waals surface area contributed by atoms with Gasteiger partial charge in [0.15, 0.2) is 11.5 Å². The largest absolute Gasteiger partial charge is 0.493 e. The Morgan fingerprint density at radius 2 is 1.90 bits per heavy atom. The van der Waals surface area contributed by atoms with Gasteiger partial charge < -0.3 is 29.5 Å². The molecule has 0 bridgehead atoms. The lowest BCUT2D eigenvalue weighted by atomic mass is 9.83. The molecule has 4 atom stereocenters. The van der Waals surface area contributed by atoms with E-state index in [1.165, 1.54) is 13.2 Å². The molecule has 0 fully saturated rings. The third-order valence-electron chi connectivity index (χ3n) is 3.65. The van der Waals surface area contributed by atoms with Crippen LogP contribution in [0, 0.1) is 0 Å². The Hall–Kier alpha value is -1.76. The van der Waals surface area contributed by atoms with E-state index in [0.717, 1.165) is 5.56 Å². The van der Waals surface area contributed by atoms with Crippen molar-refractivity contribution in [3.63, 3.8) is 0 Å². The van der Waals surface area contributed by atoms with Gasteiger partial charge in [-0.2, -0.15) is 0 Å². The van der Waals surface area contributed by atoms with Crippen molar-refractivity contribution in [1.82, 2.24) is 0 Å². The van der Waals surface area contributed by atoms with Crippen molar-refractivity contribution in [1.29, 1.82) is 0 Å². The molecule has 0 amide bonds. The van der Waals surface area contributed by atoms with Gasteiger partial charge in [0.25, 0.3) is 0 Å². The van der Waals surface area contributed by atoms with Gasteiger partial charge in [-0.05, 0) is 17.7 Å². The van der Waals surface area contributed by atoms with Crippen LogP contribution >= 0.6 is 0 Å². The molecule has 0 unspecified atom stereocenters. The molecule has 6 heteroatoms. The summed E-state index contributed by atoms with van der Waals surface area (Å²) in [6.07, 6.45) is -0.239. The molecule has 3 N–H and O–H groups in total. The molecular weight excluding hydrogens is 264 g/mol. The summed E-state index contributed by atoms with van der Waals surface area (Å²) in [5.41, 5.74) is 0.723. The van der Waals surface area contributed by atoms with Gasteiger partial charge in [-0.1, -0.05) is 12.2 Å². The highest BCUT2D eigenvalue weighted by Gasteiger charge is 2.35. The fourth-order valence-electron chi connectivity index (χ4n) is 2.53. The Morgan fingerprint density at radius 3 is 2.65 bits per heavy atom.